The van der Waals surface area contributed by atoms with E-state index in [1.807, 2.05) is 0 Å². The first-order valence-corrected chi connectivity index (χ1v) is 4.37. The van der Waals surface area contributed by atoms with Crippen molar-refractivity contribution in [2.45, 2.75) is 30.7 Å². The van der Waals surface area contributed by atoms with Crippen LogP contribution in [0.25, 0.3) is 0 Å². The molecule has 2 aliphatic heterocycles. The van der Waals surface area contributed by atoms with E-state index in [-0.39, 0.29) is 13.0 Å². The number of rotatable bonds is 0. The van der Waals surface area contributed by atoms with Crippen LogP contribution in [0.5, 0.6) is 0 Å². The van der Waals surface area contributed by atoms with Gasteiger partial charge in [0.1, 0.15) is 5.54 Å². The number of hydrogen-bond donors (Lipinski definition) is 1. The van der Waals surface area contributed by atoms with Crippen LogP contribution in [0.2, 0.25) is 0 Å². The molecule has 0 radical (unpaired) electrons. The van der Waals surface area contributed by atoms with Crippen LogP contribution in [0.1, 0.15) is 19.3 Å². The molecule has 0 bridgehead atoms. The molecule has 12 heavy (non-hydrogen) atoms. The Morgan fingerprint density at radius 3 is 2.58 bits per heavy atom. The second-order valence-electron chi connectivity index (χ2n) is 3.62. The lowest BCUT2D eigenvalue weighted by Crippen LogP contribution is -2.57. The van der Waals surface area contributed by atoms with Crippen LogP contribution in [-0.2, 0) is 4.74 Å². The summed E-state index contributed by atoms with van der Waals surface area (Å²) in [7, 11) is 0. The Labute approximate surface area is 70.3 Å². The van der Waals surface area contributed by atoms with Gasteiger partial charge >= 0.3 is 0 Å². The van der Waals surface area contributed by atoms with E-state index in [1.165, 1.54) is 0 Å². The fourth-order valence-corrected chi connectivity index (χ4v) is 2.05. The molecule has 70 valence electrons. The van der Waals surface area contributed by atoms with E-state index in [9.17, 15) is 8.78 Å². The average molecular weight is 177 g/mol. The maximum Gasteiger partial charge on any atom is 0.269 e. The summed E-state index contributed by atoms with van der Waals surface area (Å²) in [6, 6.07) is 0. The molecule has 2 aliphatic rings. The van der Waals surface area contributed by atoms with Crippen LogP contribution in [0, 0.1) is 0 Å². The van der Waals surface area contributed by atoms with Crippen molar-refractivity contribution in [2.24, 2.45) is 0 Å². The molecular formula is C8H13F2NO. The minimum Gasteiger partial charge on any atom is -0.379 e. The summed E-state index contributed by atoms with van der Waals surface area (Å²) in [6.45, 7) is 1.20. The first-order valence-electron chi connectivity index (χ1n) is 4.37. The maximum absolute atomic E-state index is 13.3. The highest BCUT2D eigenvalue weighted by molar-refractivity contribution is 5.06. The molecule has 4 heteroatoms. The number of ether oxygens (including phenoxy) is 1. The summed E-state index contributed by atoms with van der Waals surface area (Å²) in [5.41, 5.74) is -1.04. The third-order valence-corrected chi connectivity index (χ3v) is 2.84. The van der Waals surface area contributed by atoms with Gasteiger partial charge in [-0.15, -0.1) is 0 Å². The van der Waals surface area contributed by atoms with Crippen molar-refractivity contribution >= 4 is 0 Å². The molecule has 2 nitrogen and oxygen atoms in total. The van der Waals surface area contributed by atoms with Crippen LogP contribution in [0.3, 0.4) is 0 Å². The first kappa shape index (κ1) is 8.38. The van der Waals surface area contributed by atoms with Crippen molar-refractivity contribution in [3.05, 3.63) is 0 Å². The predicted molar refractivity (Wildman–Crippen MR) is 40.4 cm³/mol. The van der Waals surface area contributed by atoms with Gasteiger partial charge in [0.15, 0.2) is 0 Å². The van der Waals surface area contributed by atoms with Crippen LogP contribution in [0.15, 0.2) is 0 Å². The van der Waals surface area contributed by atoms with Crippen molar-refractivity contribution in [1.29, 1.82) is 0 Å². The molecule has 0 saturated carbocycles. The lowest BCUT2D eigenvalue weighted by molar-refractivity contribution is -0.115. The summed E-state index contributed by atoms with van der Waals surface area (Å²) >= 11 is 0. The third kappa shape index (κ3) is 1.05. The van der Waals surface area contributed by atoms with Crippen molar-refractivity contribution in [1.82, 2.24) is 5.32 Å². The molecule has 1 atom stereocenters. The van der Waals surface area contributed by atoms with Gasteiger partial charge in [0.25, 0.3) is 5.92 Å². The molecule has 0 aromatic heterocycles. The molecule has 2 fully saturated rings. The van der Waals surface area contributed by atoms with Crippen molar-refractivity contribution in [3.63, 3.8) is 0 Å². The molecule has 2 heterocycles. The zero-order chi connectivity index (χ0) is 8.66. The van der Waals surface area contributed by atoms with Gasteiger partial charge in [-0.3, -0.25) is 0 Å². The summed E-state index contributed by atoms with van der Waals surface area (Å²) in [6.07, 6.45) is 1.24. The van der Waals surface area contributed by atoms with E-state index in [2.05, 4.69) is 5.32 Å². The Morgan fingerprint density at radius 1 is 1.25 bits per heavy atom. The fourth-order valence-electron chi connectivity index (χ4n) is 2.05. The third-order valence-electron chi connectivity index (χ3n) is 2.84. The van der Waals surface area contributed by atoms with Gasteiger partial charge in [-0.25, -0.2) is 8.78 Å². The topological polar surface area (TPSA) is 21.3 Å². The standard InChI is InChI=1S/C8H13F2NO/c9-8(10)3-4-11-7(8)2-1-5-12-6-7/h11H,1-6H2. The number of nitrogens with one attached hydrogen (secondary N) is 1. The van der Waals surface area contributed by atoms with Gasteiger partial charge in [-0.05, 0) is 12.8 Å². The summed E-state index contributed by atoms with van der Waals surface area (Å²) in [5, 5.41) is 2.89. The second-order valence-corrected chi connectivity index (χ2v) is 3.62. The van der Waals surface area contributed by atoms with Gasteiger partial charge in [0.2, 0.25) is 0 Å². The van der Waals surface area contributed by atoms with Crippen LogP contribution in [-0.4, -0.2) is 31.2 Å². The number of halogens is 2. The molecule has 0 aliphatic carbocycles. The molecule has 0 aromatic rings. The fraction of sp³-hybridized carbons (Fsp3) is 1.00. The van der Waals surface area contributed by atoms with Gasteiger partial charge in [-0.1, -0.05) is 0 Å². The zero-order valence-corrected chi connectivity index (χ0v) is 6.91. The quantitative estimate of drug-likeness (QED) is 0.599. The molecule has 0 aromatic carbocycles. The Balaban J connectivity index is 2.17. The van der Waals surface area contributed by atoms with E-state index in [4.69, 9.17) is 4.74 Å². The predicted octanol–water partition coefficient (Wildman–Crippen LogP) is 1.16. The van der Waals surface area contributed by atoms with Gasteiger partial charge < -0.3 is 10.1 Å². The monoisotopic (exact) mass is 177 g/mol. The van der Waals surface area contributed by atoms with E-state index in [1.54, 1.807) is 0 Å². The summed E-state index contributed by atoms with van der Waals surface area (Å²) in [4.78, 5) is 0. The van der Waals surface area contributed by atoms with E-state index in [0.29, 0.717) is 19.6 Å². The zero-order valence-electron chi connectivity index (χ0n) is 6.91. The van der Waals surface area contributed by atoms with E-state index in [0.717, 1.165) is 6.42 Å². The van der Waals surface area contributed by atoms with Crippen LogP contribution >= 0.6 is 0 Å². The Morgan fingerprint density at radius 2 is 2.08 bits per heavy atom. The van der Waals surface area contributed by atoms with Crippen molar-refractivity contribution < 1.29 is 13.5 Å². The first-order chi connectivity index (χ1) is 5.66. The SMILES string of the molecule is FC1(F)CCNC12CCCOC2. The van der Waals surface area contributed by atoms with Gasteiger partial charge in [0.05, 0.1) is 6.61 Å². The number of alkyl halides is 2. The highest BCUT2D eigenvalue weighted by Crippen LogP contribution is 2.41. The minimum atomic E-state index is -2.58. The molecular weight excluding hydrogens is 164 g/mol. The number of hydrogen-bond acceptors (Lipinski definition) is 2. The van der Waals surface area contributed by atoms with Crippen molar-refractivity contribution in [3.8, 4) is 0 Å². The lowest BCUT2D eigenvalue weighted by atomic mass is 9.87. The molecule has 2 rings (SSSR count). The van der Waals surface area contributed by atoms with E-state index >= 15 is 0 Å². The molecule has 0 amide bonds. The van der Waals surface area contributed by atoms with Crippen molar-refractivity contribution in [2.75, 3.05) is 19.8 Å². The smallest absolute Gasteiger partial charge is 0.269 e. The largest absolute Gasteiger partial charge is 0.379 e. The van der Waals surface area contributed by atoms with Gasteiger partial charge in [-0.2, -0.15) is 0 Å². The molecule has 2 saturated heterocycles. The van der Waals surface area contributed by atoms with Gasteiger partial charge in [0, 0.05) is 19.6 Å². The summed E-state index contributed by atoms with van der Waals surface area (Å²) in [5.74, 6) is -2.58. The second kappa shape index (κ2) is 2.64. The van der Waals surface area contributed by atoms with E-state index < -0.39 is 11.5 Å². The molecule has 1 unspecified atom stereocenters. The normalized spacial score (nSPS) is 40.5. The molecule has 1 spiro atoms. The Bertz CT molecular complexity index is 178. The molecule has 1 N–H and O–H groups in total. The highest BCUT2D eigenvalue weighted by Gasteiger charge is 2.57. The summed E-state index contributed by atoms with van der Waals surface area (Å²) < 4.78 is 31.8. The Hall–Kier alpha value is -0.220. The van der Waals surface area contributed by atoms with Crippen LogP contribution in [0.4, 0.5) is 8.78 Å². The average Bonchev–Trinajstić information content (AvgIpc) is 2.30. The minimum absolute atomic E-state index is 0.0453. The maximum atomic E-state index is 13.3. The highest BCUT2D eigenvalue weighted by atomic mass is 19.3. The lowest BCUT2D eigenvalue weighted by Gasteiger charge is -2.37. The Kier molecular flexibility index (Phi) is 1.84. The van der Waals surface area contributed by atoms with Crippen LogP contribution < -0.4 is 5.32 Å².